The average molecular weight is 175 g/mol. The van der Waals surface area contributed by atoms with Crippen LogP contribution in [0, 0.1) is 0 Å². The third-order valence-corrected chi connectivity index (χ3v) is 2.11. The minimum atomic E-state index is 1.16. The van der Waals surface area contributed by atoms with Gasteiger partial charge in [-0.2, -0.15) is 0 Å². The average Bonchev–Trinajstić information content (AvgIpc) is 2.05. The zero-order valence-corrected chi connectivity index (χ0v) is 9.77. The second-order valence-corrected chi connectivity index (χ2v) is 3.73. The topological polar surface area (TPSA) is 3.24 Å². The van der Waals surface area contributed by atoms with Gasteiger partial charge in [0.15, 0.2) is 0 Å². The maximum absolute atomic E-state index is 2.54. The molecule has 0 unspecified atom stereocenters. The summed E-state index contributed by atoms with van der Waals surface area (Å²) in [5, 5.41) is 1.16. The summed E-state index contributed by atoms with van der Waals surface area (Å²) >= 11 is 2.20. The summed E-state index contributed by atoms with van der Waals surface area (Å²) in [6.07, 6.45) is 4.86. The summed E-state index contributed by atoms with van der Waals surface area (Å²) in [4.78, 5) is 2.54. The molecule has 0 aromatic heterocycles. The van der Waals surface area contributed by atoms with E-state index in [0.717, 1.165) is 11.6 Å². The third kappa shape index (κ3) is 7.37. The molecule has 13 heavy (non-hydrogen) atoms. The molecule has 0 radical (unpaired) electrons. The molecule has 0 spiro atoms. The van der Waals surface area contributed by atoms with Gasteiger partial charge in [-0.1, -0.05) is 0 Å². The molecule has 0 heterocycles. The molecule has 0 fully saturated rings. The van der Waals surface area contributed by atoms with Crippen molar-refractivity contribution >= 4 is 17.7 Å². The SMILES string of the molecule is [Li][CH2]/C=C(\C)CN(CCC)CCC. The first-order valence-corrected chi connectivity index (χ1v) is 5.62. The second kappa shape index (κ2) is 8.88. The Balaban J connectivity index is 3.85. The molecule has 0 saturated heterocycles. The van der Waals surface area contributed by atoms with E-state index in [-0.39, 0.29) is 0 Å². The van der Waals surface area contributed by atoms with Gasteiger partial charge >= 0.3 is 92.6 Å². The van der Waals surface area contributed by atoms with Gasteiger partial charge in [0.05, 0.1) is 0 Å². The van der Waals surface area contributed by atoms with E-state index in [4.69, 9.17) is 0 Å². The van der Waals surface area contributed by atoms with Crippen molar-refractivity contribution in [2.45, 2.75) is 38.7 Å². The molecule has 1 nitrogen and oxygen atoms in total. The van der Waals surface area contributed by atoms with Crippen LogP contribution in [-0.4, -0.2) is 42.2 Å². The number of hydrogen-bond acceptors (Lipinski definition) is 1. The standard InChI is InChI=1S/C11H22N.Li/c1-5-8-12(9-6-2)10-11(4)7-3;/h7H,3,5-6,8-10H2,1-2,4H3;/b11-7+;. The van der Waals surface area contributed by atoms with Crippen LogP contribution in [0.4, 0.5) is 0 Å². The summed E-state index contributed by atoms with van der Waals surface area (Å²) < 4.78 is 0. The zero-order chi connectivity index (χ0) is 10.1. The van der Waals surface area contributed by atoms with Gasteiger partial charge in [0.2, 0.25) is 0 Å². The first kappa shape index (κ1) is 13.3. The fourth-order valence-electron chi connectivity index (χ4n) is 1.67. The molecule has 72 valence electrons. The van der Waals surface area contributed by atoms with Crippen LogP contribution in [0.2, 0.25) is 5.09 Å². The Labute approximate surface area is 92.8 Å². The van der Waals surface area contributed by atoms with E-state index in [9.17, 15) is 0 Å². The molecular formula is C11H22LiN. The van der Waals surface area contributed by atoms with Crippen molar-refractivity contribution in [1.29, 1.82) is 0 Å². The molecule has 0 rings (SSSR count). The van der Waals surface area contributed by atoms with Crippen LogP contribution in [0.15, 0.2) is 11.6 Å². The van der Waals surface area contributed by atoms with E-state index >= 15 is 0 Å². The van der Waals surface area contributed by atoms with Gasteiger partial charge in [-0.25, -0.2) is 0 Å². The summed E-state index contributed by atoms with van der Waals surface area (Å²) in [6.45, 7) is 10.4. The number of hydrogen-bond donors (Lipinski definition) is 0. The normalized spacial score (nSPS) is 12.6. The van der Waals surface area contributed by atoms with Gasteiger partial charge < -0.3 is 0 Å². The molecule has 0 aliphatic rings. The molecular weight excluding hydrogens is 153 g/mol. The molecule has 0 aliphatic heterocycles. The number of nitrogens with zero attached hydrogens (tertiary/aromatic N) is 1. The van der Waals surface area contributed by atoms with Gasteiger partial charge in [-0.15, -0.1) is 0 Å². The van der Waals surface area contributed by atoms with Crippen molar-refractivity contribution in [3.63, 3.8) is 0 Å². The molecule has 0 aromatic rings. The predicted octanol–water partition coefficient (Wildman–Crippen LogP) is 2.64. The van der Waals surface area contributed by atoms with E-state index in [1.165, 1.54) is 31.5 Å². The van der Waals surface area contributed by atoms with E-state index in [0.29, 0.717) is 0 Å². The molecule has 2 heteroatoms. The quantitative estimate of drug-likeness (QED) is 0.424. The van der Waals surface area contributed by atoms with Crippen LogP contribution in [-0.2, 0) is 0 Å². The van der Waals surface area contributed by atoms with Gasteiger partial charge in [-0.05, 0) is 0 Å². The number of allylic oxidation sites excluding steroid dienone is 1. The van der Waals surface area contributed by atoms with Gasteiger partial charge in [0, 0.05) is 0 Å². The van der Waals surface area contributed by atoms with E-state index in [2.05, 4.69) is 49.5 Å². The van der Waals surface area contributed by atoms with Crippen LogP contribution in [0.1, 0.15) is 33.6 Å². The molecule has 0 aromatic carbocycles. The Morgan fingerprint density at radius 2 is 1.77 bits per heavy atom. The van der Waals surface area contributed by atoms with Crippen LogP contribution in [0.3, 0.4) is 0 Å². The van der Waals surface area contributed by atoms with Gasteiger partial charge in [0.1, 0.15) is 0 Å². The fraction of sp³-hybridized carbons (Fsp3) is 0.818. The van der Waals surface area contributed by atoms with Crippen molar-refractivity contribution in [1.82, 2.24) is 4.90 Å². The van der Waals surface area contributed by atoms with Crippen molar-refractivity contribution in [3.05, 3.63) is 11.6 Å². The van der Waals surface area contributed by atoms with Crippen molar-refractivity contribution in [2.24, 2.45) is 0 Å². The molecule has 0 saturated carbocycles. The van der Waals surface area contributed by atoms with Crippen molar-refractivity contribution in [3.8, 4) is 0 Å². The molecule has 0 amide bonds. The minimum absolute atomic E-state index is 1.16. The Morgan fingerprint density at radius 3 is 2.15 bits per heavy atom. The second-order valence-electron chi connectivity index (χ2n) is 3.73. The van der Waals surface area contributed by atoms with Gasteiger partial charge in [0.25, 0.3) is 0 Å². The number of rotatable bonds is 7. The molecule has 0 atom stereocenters. The summed E-state index contributed by atoms with van der Waals surface area (Å²) in [5.41, 5.74) is 1.52. The predicted molar refractivity (Wildman–Crippen MR) is 61.3 cm³/mol. The summed E-state index contributed by atoms with van der Waals surface area (Å²) in [6, 6.07) is 0. The van der Waals surface area contributed by atoms with E-state index < -0.39 is 0 Å². The maximum atomic E-state index is 2.54. The van der Waals surface area contributed by atoms with Crippen molar-refractivity contribution < 1.29 is 0 Å². The summed E-state index contributed by atoms with van der Waals surface area (Å²) in [7, 11) is 0. The van der Waals surface area contributed by atoms with Crippen LogP contribution < -0.4 is 0 Å². The van der Waals surface area contributed by atoms with Gasteiger partial charge in [-0.3, -0.25) is 0 Å². The molecule has 0 N–H and O–H groups in total. The molecule has 0 bridgehead atoms. The Kier molecular flexibility index (Phi) is 9.08. The Bertz CT molecular complexity index is 137. The first-order chi connectivity index (χ1) is 6.24. The van der Waals surface area contributed by atoms with E-state index in [1.54, 1.807) is 0 Å². The van der Waals surface area contributed by atoms with Crippen LogP contribution >= 0.6 is 0 Å². The molecule has 0 aliphatic carbocycles. The Morgan fingerprint density at radius 1 is 1.23 bits per heavy atom. The first-order valence-electron chi connectivity index (χ1n) is 5.62. The van der Waals surface area contributed by atoms with Crippen LogP contribution in [0.25, 0.3) is 0 Å². The summed E-state index contributed by atoms with van der Waals surface area (Å²) in [5.74, 6) is 0. The Hall–Kier alpha value is 0.297. The van der Waals surface area contributed by atoms with Crippen molar-refractivity contribution in [2.75, 3.05) is 19.6 Å². The van der Waals surface area contributed by atoms with Crippen LogP contribution in [0.5, 0.6) is 0 Å². The monoisotopic (exact) mass is 175 g/mol. The third-order valence-electron chi connectivity index (χ3n) is 2.11. The zero-order valence-electron chi connectivity index (χ0n) is 9.77. The van der Waals surface area contributed by atoms with E-state index in [1.807, 2.05) is 0 Å². The fourth-order valence-corrected chi connectivity index (χ4v) is 1.67.